The molecule has 100 valence electrons. The first-order valence-electron chi connectivity index (χ1n) is 6.04. The Hall–Kier alpha value is -2.37. The van der Waals surface area contributed by atoms with Crippen molar-refractivity contribution in [3.05, 3.63) is 35.9 Å². The van der Waals surface area contributed by atoms with Crippen LogP contribution in [0.5, 0.6) is 0 Å². The summed E-state index contributed by atoms with van der Waals surface area (Å²) in [5.41, 5.74) is 6.37. The van der Waals surface area contributed by atoms with Gasteiger partial charge >= 0.3 is 0 Å². The first-order valence-corrected chi connectivity index (χ1v) is 6.04. The predicted molar refractivity (Wildman–Crippen MR) is 70.4 cm³/mol. The zero-order valence-electron chi connectivity index (χ0n) is 10.5. The van der Waals surface area contributed by atoms with Gasteiger partial charge in [0.2, 0.25) is 11.8 Å². The Bertz CT molecular complexity index is 483. The van der Waals surface area contributed by atoms with E-state index < -0.39 is 0 Å². The summed E-state index contributed by atoms with van der Waals surface area (Å²) in [6, 6.07) is 9.69. The minimum absolute atomic E-state index is 0.00410. The number of amides is 2. The number of hydrogen-bond acceptors (Lipinski definition) is 3. The molecule has 6 nitrogen and oxygen atoms in total. The van der Waals surface area contributed by atoms with Gasteiger partial charge in [-0.2, -0.15) is 0 Å². The van der Waals surface area contributed by atoms with E-state index >= 15 is 0 Å². The molecule has 1 aromatic rings. The maximum Gasteiger partial charge on any atom is 0.248 e. The number of carbonyl (C=O) groups excluding carboxylic acids is 2. The molecule has 1 aromatic carbocycles. The monoisotopic (exact) mass is 260 g/mol. The smallest absolute Gasteiger partial charge is 0.248 e. The van der Waals surface area contributed by atoms with Crippen LogP contribution >= 0.6 is 0 Å². The van der Waals surface area contributed by atoms with Crippen molar-refractivity contribution in [3.63, 3.8) is 0 Å². The third-order valence-electron chi connectivity index (χ3n) is 3.06. The molecule has 2 rings (SSSR count). The average molecular weight is 260 g/mol. The molecule has 1 aliphatic heterocycles. The molecule has 6 heteroatoms. The average Bonchev–Trinajstić information content (AvgIpc) is 2.38. The van der Waals surface area contributed by atoms with E-state index in [2.05, 4.69) is 0 Å². The molecular formula is C13H16N4O2. The van der Waals surface area contributed by atoms with Crippen molar-refractivity contribution < 1.29 is 9.59 Å². The topological polar surface area (TPSA) is 90.5 Å². The van der Waals surface area contributed by atoms with E-state index in [-0.39, 0.29) is 30.9 Å². The second-order valence-electron chi connectivity index (χ2n) is 4.42. The second-order valence-corrected chi connectivity index (χ2v) is 4.42. The summed E-state index contributed by atoms with van der Waals surface area (Å²) in [5.74, 6) is -0.853. The molecule has 0 aliphatic carbocycles. The molecule has 0 bridgehead atoms. The maximum absolute atomic E-state index is 11.9. The number of nitrogens with zero attached hydrogens (tertiary/aromatic N) is 2. The van der Waals surface area contributed by atoms with E-state index in [0.717, 1.165) is 5.56 Å². The van der Waals surface area contributed by atoms with Crippen molar-refractivity contribution in [2.75, 3.05) is 19.6 Å². The van der Waals surface area contributed by atoms with Crippen LogP contribution in [-0.2, 0) is 16.0 Å². The van der Waals surface area contributed by atoms with Crippen molar-refractivity contribution in [3.8, 4) is 0 Å². The Morgan fingerprint density at radius 2 is 1.74 bits per heavy atom. The van der Waals surface area contributed by atoms with E-state index in [1.807, 2.05) is 30.3 Å². The molecule has 1 heterocycles. The Balaban J connectivity index is 1.96. The van der Waals surface area contributed by atoms with Crippen LogP contribution in [0, 0.1) is 5.41 Å². The van der Waals surface area contributed by atoms with Gasteiger partial charge in [-0.1, -0.05) is 30.3 Å². The summed E-state index contributed by atoms with van der Waals surface area (Å²) in [5, 5.41) is 7.25. The van der Waals surface area contributed by atoms with Gasteiger partial charge in [-0.05, 0) is 12.0 Å². The predicted octanol–water partition coefficient (Wildman–Crippen LogP) is -0.207. The molecule has 0 aromatic heterocycles. The lowest BCUT2D eigenvalue weighted by Crippen LogP contribution is -2.57. The summed E-state index contributed by atoms with van der Waals surface area (Å²) < 4.78 is 0. The fourth-order valence-electron chi connectivity index (χ4n) is 2.00. The van der Waals surface area contributed by atoms with Gasteiger partial charge in [-0.15, -0.1) is 0 Å². The molecule has 3 N–H and O–H groups in total. The molecule has 19 heavy (non-hydrogen) atoms. The van der Waals surface area contributed by atoms with Crippen LogP contribution in [0.15, 0.2) is 30.3 Å². The molecule has 2 amide bonds. The first kappa shape index (κ1) is 13.1. The van der Waals surface area contributed by atoms with Crippen molar-refractivity contribution >= 4 is 17.8 Å². The third kappa shape index (κ3) is 3.09. The molecule has 1 fully saturated rings. The fraction of sp³-hybridized carbons (Fsp3) is 0.308. The highest BCUT2D eigenvalue weighted by Crippen LogP contribution is 2.07. The molecule has 0 unspecified atom stereocenters. The normalized spacial score (nSPS) is 15.8. The quantitative estimate of drug-likeness (QED) is 0.447. The molecule has 0 atom stereocenters. The molecule has 0 radical (unpaired) electrons. The van der Waals surface area contributed by atoms with Crippen LogP contribution in [0.4, 0.5) is 0 Å². The fourth-order valence-corrected chi connectivity index (χ4v) is 2.00. The maximum atomic E-state index is 11.9. The summed E-state index contributed by atoms with van der Waals surface area (Å²) in [6.07, 6.45) is 0.637. The number of guanidine groups is 1. The summed E-state index contributed by atoms with van der Waals surface area (Å²) >= 11 is 0. The SMILES string of the molecule is N=C(N)N1CC(=O)N(CCc2ccccc2)C(=O)C1. The standard InChI is InChI=1S/C13H16N4O2/c14-13(15)16-8-11(18)17(12(19)9-16)7-6-10-4-2-1-3-5-10/h1-5H,6-9H2,(H3,14,15). The van der Waals surface area contributed by atoms with Crippen LogP contribution in [0.3, 0.4) is 0 Å². The zero-order chi connectivity index (χ0) is 13.8. The van der Waals surface area contributed by atoms with Gasteiger partial charge in [0.05, 0.1) is 0 Å². The van der Waals surface area contributed by atoms with Gasteiger partial charge in [0.15, 0.2) is 5.96 Å². The highest BCUT2D eigenvalue weighted by Gasteiger charge is 2.31. The number of carbonyl (C=O) groups is 2. The van der Waals surface area contributed by atoms with Crippen molar-refractivity contribution in [1.82, 2.24) is 9.80 Å². The van der Waals surface area contributed by atoms with Crippen molar-refractivity contribution in [1.29, 1.82) is 5.41 Å². The van der Waals surface area contributed by atoms with Gasteiger partial charge in [-0.3, -0.25) is 19.9 Å². The lowest BCUT2D eigenvalue weighted by atomic mass is 10.1. The lowest BCUT2D eigenvalue weighted by Gasteiger charge is -2.32. The van der Waals surface area contributed by atoms with Gasteiger partial charge in [-0.25, -0.2) is 0 Å². The molecule has 1 saturated heterocycles. The number of benzene rings is 1. The van der Waals surface area contributed by atoms with E-state index in [1.54, 1.807) is 0 Å². The molecule has 0 saturated carbocycles. The summed E-state index contributed by atoms with van der Waals surface area (Å²) in [7, 11) is 0. The Labute approximate surface area is 111 Å². The Morgan fingerprint density at radius 3 is 2.26 bits per heavy atom. The van der Waals surface area contributed by atoms with Gasteiger partial charge < -0.3 is 10.6 Å². The van der Waals surface area contributed by atoms with Crippen LogP contribution in [0.2, 0.25) is 0 Å². The van der Waals surface area contributed by atoms with E-state index in [1.165, 1.54) is 9.80 Å². The molecular weight excluding hydrogens is 244 g/mol. The highest BCUT2D eigenvalue weighted by atomic mass is 16.2. The highest BCUT2D eigenvalue weighted by molar-refractivity contribution is 6.02. The van der Waals surface area contributed by atoms with Crippen LogP contribution in [0.1, 0.15) is 5.56 Å². The van der Waals surface area contributed by atoms with Crippen LogP contribution < -0.4 is 5.73 Å². The van der Waals surface area contributed by atoms with Gasteiger partial charge in [0.1, 0.15) is 13.1 Å². The minimum atomic E-state index is -0.303. The van der Waals surface area contributed by atoms with Crippen molar-refractivity contribution in [2.45, 2.75) is 6.42 Å². The van der Waals surface area contributed by atoms with E-state index in [9.17, 15) is 9.59 Å². The number of hydrogen-bond donors (Lipinski definition) is 2. The van der Waals surface area contributed by atoms with Crippen LogP contribution in [-0.4, -0.2) is 47.2 Å². The second kappa shape index (κ2) is 5.51. The number of nitrogens with one attached hydrogen (secondary N) is 1. The van der Waals surface area contributed by atoms with Gasteiger partial charge in [0, 0.05) is 6.54 Å². The summed E-state index contributed by atoms with van der Waals surface area (Å²) in [6.45, 7) is 0.360. The van der Waals surface area contributed by atoms with Crippen LogP contribution in [0.25, 0.3) is 0 Å². The summed E-state index contributed by atoms with van der Waals surface area (Å²) in [4.78, 5) is 26.2. The number of piperazine rings is 1. The molecule has 0 spiro atoms. The Morgan fingerprint density at radius 1 is 1.16 bits per heavy atom. The van der Waals surface area contributed by atoms with Crippen molar-refractivity contribution in [2.24, 2.45) is 5.73 Å². The number of imide groups is 1. The van der Waals surface area contributed by atoms with Gasteiger partial charge in [0.25, 0.3) is 0 Å². The zero-order valence-corrected chi connectivity index (χ0v) is 10.5. The van der Waals surface area contributed by atoms with E-state index in [0.29, 0.717) is 13.0 Å². The van der Waals surface area contributed by atoms with E-state index in [4.69, 9.17) is 11.1 Å². The third-order valence-corrected chi connectivity index (χ3v) is 3.06. The first-order chi connectivity index (χ1) is 9.08. The lowest BCUT2D eigenvalue weighted by molar-refractivity contribution is -0.149. The number of nitrogens with two attached hydrogens (primary N) is 1. The largest absolute Gasteiger partial charge is 0.370 e. The number of rotatable bonds is 3. The Kier molecular flexibility index (Phi) is 3.79. The molecule has 1 aliphatic rings. The minimum Gasteiger partial charge on any atom is -0.370 e.